The Morgan fingerprint density at radius 1 is 1.07 bits per heavy atom. The van der Waals surface area contributed by atoms with Crippen molar-refractivity contribution in [1.29, 1.82) is 0 Å². The van der Waals surface area contributed by atoms with E-state index in [1.807, 2.05) is 24.3 Å². The normalized spacial score (nSPS) is 11.9. The van der Waals surface area contributed by atoms with Crippen LogP contribution in [0, 0.1) is 11.7 Å². The molecule has 2 aromatic rings. The molecule has 1 amide bonds. The molecule has 2 aromatic carbocycles. The molecule has 0 aliphatic rings. The molecule has 6 heteroatoms. The zero-order chi connectivity index (χ0) is 19.6. The van der Waals surface area contributed by atoms with Crippen LogP contribution in [0.3, 0.4) is 0 Å². The number of ether oxygens (including phenoxy) is 2. The standard InChI is InChI=1S/C21H27FN2O3/c1-15(2)21(16-8-10-17(22)11-9-16)24-14-20(25)23-12-13-27-19-7-5-4-6-18(19)26-3/h4-11,15,21,24H,12-14H2,1-3H3,(H,23,25)/t21-/m0/s1. The van der Waals surface area contributed by atoms with Gasteiger partial charge in [-0.1, -0.05) is 38.1 Å². The summed E-state index contributed by atoms with van der Waals surface area (Å²) >= 11 is 0. The van der Waals surface area contributed by atoms with E-state index >= 15 is 0 Å². The number of amides is 1. The van der Waals surface area contributed by atoms with Gasteiger partial charge in [-0.2, -0.15) is 0 Å². The Bertz CT molecular complexity index is 720. The number of hydrogen-bond donors (Lipinski definition) is 2. The Labute approximate surface area is 159 Å². The van der Waals surface area contributed by atoms with Crippen LogP contribution in [0.5, 0.6) is 11.5 Å². The van der Waals surface area contributed by atoms with Crippen LogP contribution in [-0.2, 0) is 4.79 Å². The van der Waals surface area contributed by atoms with E-state index < -0.39 is 0 Å². The lowest BCUT2D eigenvalue weighted by Gasteiger charge is -2.22. The van der Waals surface area contributed by atoms with Crippen LogP contribution < -0.4 is 20.1 Å². The molecule has 0 fully saturated rings. The molecule has 0 saturated heterocycles. The molecule has 0 aliphatic heterocycles. The number of methoxy groups -OCH3 is 1. The third-order valence-corrected chi connectivity index (χ3v) is 4.13. The highest BCUT2D eigenvalue weighted by Gasteiger charge is 2.16. The van der Waals surface area contributed by atoms with E-state index in [0.29, 0.717) is 24.7 Å². The Kier molecular flexibility index (Phi) is 8.07. The monoisotopic (exact) mass is 374 g/mol. The van der Waals surface area contributed by atoms with Crippen LogP contribution in [0.25, 0.3) is 0 Å². The van der Waals surface area contributed by atoms with Crippen LogP contribution in [0.2, 0.25) is 0 Å². The fourth-order valence-electron chi connectivity index (χ4n) is 2.76. The molecule has 0 bridgehead atoms. The van der Waals surface area contributed by atoms with Gasteiger partial charge >= 0.3 is 0 Å². The van der Waals surface area contributed by atoms with Gasteiger partial charge < -0.3 is 20.1 Å². The molecule has 146 valence electrons. The van der Waals surface area contributed by atoms with Crippen molar-refractivity contribution < 1.29 is 18.7 Å². The SMILES string of the molecule is COc1ccccc1OCCNC(=O)CN[C@H](c1ccc(F)cc1)C(C)C. The molecule has 27 heavy (non-hydrogen) atoms. The van der Waals surface area contributed by atoms with E-state index in [9.17, 15) is 9.18 Å². The molecular formula is C21H27FN2O3. The summed E-state index contributed by atoms with van der Waals surface area (Å²) < 4.78 is 23.9. The van der Waals surface area contributed by atoms with E-state index in [1.165, 1.54) is 12.1 Å². The first-order valence-corrected chi connectivity index (χ1v) is 9.02. The number of carbonyl (C=O) groups is 1. The van der Waals surface area contributed by atoms with Gasteiger partial charge in [-0.3, -0.25) is 4.79 Å². The summed E-state index contributed by atoms with van der Waals surface area (Å²) in [6.45, 7) is 5.02. The van der Waals surface area contributed by atoms with Crippen LogP contribution in [0.15, 0.2) is 48.5 Å². The molecule has 0 aromatic heterocycles. The van der Waals surface area contributed by atoms with Gasteiger partial charge in [0, 0.05) is 6.04 Å². The molecule has 0 saturated carbocycles. The predicted octanol–water partition coefficient (Wildman–Crippen LogP) is 3.32. The number of carbonyl (C=O) groups excluding carboxylic acids is 1. The molecule has 2 N–H and O–H groups in total. The lowest BCUT2D eigenvalue weighted by molar-refractivity contribution is -0.120. The van der Waals surface area contributed by atoms with Crippen LogP contribution in [0.4, 0.5) is 4.39 Å². The van der Waals surface area contributed by atoms with Crippen molar-refractivity contribution in [1.82, 2.24) is 10.6 Å². The molecule has 5 nitrogen and oxygen atoms in total. The van der Waals surface area contributed by atoms with Crippen LogP contribution >= 0.6 is 0 Å². The fraction of sp³-hybridized carbons (Fsp3) is 0.381. The summed E-state index contributed by atoms with van der Waals surface area (Å²) in [5.41, 5.74) is 0.957. The first-order chi connectivity index (χ1) is 13.0. The highest BCUT2D eigenvalue weighted by Crippen LogP contribution is 2.25. The van der Waals surface area contributed by atoms with E-state index in [2.05, 4.69) is 24.5 Å². The average Bonchev–Trinajstić information content (AvgIpc) is 2.66. The van der Waals surface area contributed by atoms with Gasteiger partial charge in [0.05, 0.1) is 20.2 Å². The number of rotatable bonds is 10. The van der Waals surface area contributed by atoms with Crippen molar-refractivity contribution in [3.63, 3.8) is 0 Å². The van der Waals surface area contributed by atoms with Crippen molar-refractivity contribution in [2.75, 3.05) is 26.8 Å². The molecule has 0 radical (unpaired) electrons. The second-order valence-electron chi connectivity index (χ2n) is 6.50. The maximum absolute atomic E-state index is 13.1. The zero-order valence-corrected chi connectivity index (χ0v) is 16.0. The van der Waals surface area contributed by atoms with Crippen molar-refractivity contribution >= 4 is 5.91 Å². The van der Waals surface area contributed by atoms with Gasteiger partial charge in [-0.05, 0) is 35.7 Å². The first kappa shape index (κ1) is 20.7. The summed E-state index contributed by atoms with van der Waals surface area (Å²) in [5, 5.41) is 6.05. The number of hydrogen-bond acceptors (Lipinski definition) is 4. The smallest absolute Gasteiger partial charge is 0.234 e. The van der Waals surface area contributed by atoms with Crippen molar-refractivity contribution in [3.8, 4) is 11.5 Å². The second-order valence-corrected chi connectivity index (χ2v) is 6.50. The zero-order valence-electron chi connectivity index (χ0n) is 16.0. The van der Waals surface area contributed by atoms with E-state index in [0.717, 1.165) is 5.56 Å². The maximum Gasteiger partial charge on any atom is 0.234 e. The Hall–Kier alpha value is -2.60. The Morgan fingerprint density at radius 2 is 1.74 bits per heavy atom. The molecule has 0 spiro atoms. The molecule has 1 atom stereocenters. The van der Waals surface area contributed by atoms with Gasteiger partial charge in [0.2, 0.25) is 5.91 Å². The summed E-state index contributed by atoms with van der Waals surface area (Å²) in [4.78, 5) is 12.1. The summed E-state index contributed by atoms with van der Waals surface area (Å²) in [7, 11) is 1.59. The average molecular weight is 374 g/mol. The number of benzene rings is 2. The van der Waals surface area contributed by atoms with Crippen molar-refractivity contribution in [2.45, 2.75) is 19.9 Å². The van der Waals surface area contributed by atoms with Gasteiger partial charge in [0.1, 0.15) is 12.4 Å². The highest BCUT2D eigenvalue weighted by atomic mass is 19.1. The largest absolute Gasteiger partial charge is 0.493 e. The second kappa shape index (κ2) is 10.5. The van der Waals surface area contributed by atoms with Crippen LogP contribution in [0.1, 0.15) is 25.5 Å². The number of para-hydroxylation sites is 2. The fourth-order valence-corrected chi connectivity index (χ4v) is 2.76. The quantitative estimate of drug-likeness (QED) is 0.627. The minimum Gasteiger partial charge on any atom is -0.493 e. The third-order valence-electron chi connectivity index (χ3n) is 4.13. The number of nitrogens with one attached hydrogen (secondary N) is 2. The molecule has 0 unspecified atom stereocenters. The molecular weight excluding hydrogens is 347 g/mol. The van der Waals surface area contributed by atoms with Gasteiger partial charge in [0.25, 0.3) is 0 Å². The summed E-state index contributed by atoms with van der Waals surface area (Å²) in [6.07, 6.45) is 0. The predicted molar refractivity (Wildman–Crippen MR) is 103 cm³/mol. The first-order valence-electron chi connectivity index (χ1n) is 9.02. The Morgan fingerprint density at radius 3 is 2.37 bits per heavy atom. The lowest BCUT2D eigenvalue weighted by atomic mass is 9.96. The maximum atomic E-state index is 13.1. The molecule has 0 aliphatic carbocycles. The third kappa shape index (κ3) is 6.57. The molecule has 2 rings (SSSR count). The minimum absolute atomic E-state index is 0.0267. The van der Waals surface area contributed by atoms with Crippen molar-refractivity contribution in [2.24, 2.45) is 5.92 Å². The minimum atomic E-state index is -0.269. The molecule has 0 heterocycles. The van der Waals surface area contributed by atoms with E-state index in [4.69, 9.17) is 9.47 Å². The summed E-state index contributed by atoms with van der Waals surface area (Å²) in [6, 6.07) is 13.7. The van der Waals surface area contributed by atoms with Gasteiger partial charge in [0.15, 0.2) is 11.5 Å². The van der Waals surface area contributed by atoms with Gasteiger partial charge in [-0.15, -0.1) is 0 Å². The van der Waals surface area contributed by atoms with E-state index in [-0.39, 0.29) is 30.2 Å². The lowest BCUT2D eigenvalue weighted by Crippen LogP contribution is -2.38. The highest BCUT2D eigenvalue weighted by molar-refractivity contribution is 5.78. The summed E-state index contributed by atoms with van der Waals surface area (Å²) in [5.74, 6) is 1.17. The number of halogens is 1. The topological polar surface area (TPSA) is 59.6 Å². The van der Waals surface area contributed by atoms with Gasteiger partial charge in [-0.25, -0.2) is 4.39 Å². The Balaban J connectivity index is 1.75. The van der Waals surface area contributed by atoms with Crippen LogP contribution in [-0.4, -0.2) is 32.7 Å². The van der Waals surface area contributed by atoms with Crippen molar-refractivity contribution in [3.05, 3.63) is 59.9 Å². The van der Waals surface area contributed by atoms with E-state index in [1.54, 1.807) is 19.2 Å².